The summed E-state index contributed by atoms with van der Waals surface area (Å²) >= 11 is 0. The highest BCUT2D eigenvalue weighted by Crippen LogP contribution is 2.19. The molecular formula is C18H17N3O3. The number of fused-ring (bicyclic) bond motifs is 1. The molecule has 3 rings (SSSR count). The number of hydrogen-bond donors (Lipinski definition) is 1. The minimum atomic E-state index is -0.413. The van der Waals surface area contributed by atoms with E-state index in [4.69, 9.17) is 0 Å². The maximum atomic E-state index is 12.2. The zero-order chi connectivity index (χ0) is 17.1. The number of amides is 3. The summed E-state index contributed by atoms with van der Waals surface area (Å²) in [6.45, 7) is 2.30. The van der Waals surface area contributed by atoms with Crippen LogP contribution in [0.1, 0.15) is 32.0 Å². The molecule has 1 aromatic heterocycles. The zero-order valence-electron chi connectivity index (χ0n) is 13.3. The summed E-state index contributed by atoms with van der Waals surface area (Å²) in [5, 5.41) is 2.75. The van der Waals surface area contributed by atoms with Gasteiger partial charge in [0, 0.05) is 19.3 Å². The number of nitrogens with zero attached hydrogens (tertiary/aromatic N) is 2. The van der Waals surface area contributed by atoms with Gasteiger partial charge in [0.25, 0.3) is 11.8 Å². The van der Waals surface area contributed by atoms with Gasteiger partial charge >= 0.3 is 0 Å². The molecule has 3 amide bonds. The first-order valence-corrected chi connectivity index (χ1v) is 7.70. The Labute approximate surface area is 139 Å². The van der Waals surface area contributed by atoms with E-state index in [0.717, 1.165) is 16.0 Å². The van der Waals surface area contributed by atoms with E-state index in [1.54, 1.807) is 12.1 Å². The molecule has 0 spiro atoms. The summed E-state index contributed by atoms with van der Waals surface area (Å²) < 4.78 is 0. The smallest absolute Gasteiger partial charge is 0.280 e. The second-order valence-corrected chi connectivity index (χ2v) is 5.61. The molecule has 0 atom stereocenters. The predicted molar refractivity (Wildman–Crippen MR) is 87.5 cm³/mol. The highest BCUT2D eigenvalue weighted by atomic mass is 16.2. The topological polar surface area (TPSA) is 79.4 Å². The van der Waals surface area contributed by atoms with Crippen molar-refractivity contribution in [3.05, 3.63) is 65.0 Å². The first kappa shape index (κ1) is 15.9. The maximum Gasteiger partial charge on any atom is 0.280 e. The van der Waals surface area contributed by atoms with Gasteiger partial charge < -0.3 is 5.32 Å². The fourth-order valence-corrected chi connectivity index (χ4v) is 2.67. The molecule has 0 unspecified atom stereocenters. The molecule has 1 N–H and O–H groups in total. The molecule has 1 aromatic carbocycles. The van der Waals surface area contributed by atoms with Gasteiger partial charge in [-0.25, -0.2) is 0 Å². The van der Waals surface area contributed by atoms with E-state index in [1.165, 1.54) is 6.20 Å². The maximum absolute atomic E-state index is 12.2. The fraction of sp³-hybridized carbons (Fsp3) is 0.222. The molecule has 2 heterocycles. The fourth-order valence-electron chi connectivity index (χ4n) is 2.67. The number of nitrogens with one attached hydrogen (secondary N) is 1. The van der Waals surface area contributed by atoms with Gasteiger partial charge in [0.2, 0.25) is 5.91 Å². The number of hydrogen-bond acceptors (Lipinski definition) is 4. The van der Waals surface area contributed by atoms with Crippen molar-refractivity contribution >= 4 is 17.7 Å². The first-order chi connectivity index (χ1) is 11.6. The van der Waals surface area contributed by atoms with Crippen molar-refractivity contribution in [3.8, 4) is 0 Å². The van der Waals surface area contributed by atoms with E-state index >= 15 is 0 Å². The molecule has 6 heteroatoms. The van der Waals surface area contributed by atoms with Crippen LogP contribution in [0.15, 0.2) is 42.6 Å². The van der Waals surface area contributed by atoms with Crippen molar-refractivity contribution in [1.82, 2.24) is 15.2 Å². The van der Waals surface area contributed by atoms with Gasteiger partial charge in [0.1, 0.15) is 5.69 Å². The Balaban J connectivity index is 1.54. The highest BCUT2D eigenvalue weighted by molar-refractivity contribution is 6.20. The van der Waals surface area contributed by atoms with E-state index in [9.17, 15) is 14.4 Å². The largest absolute Gasteiger partial charge is 0.354 e. The molecule has 0 radical (unpaired) electrons. The van der Waals surface area contributed by atoms with Crippen LogP contribution in [0.25, 0.3) is 0 Å². The molecule has 0 saturated carbocycles. The minimum absolute atomic E-state index is 0.132. The van der Waals surface area contributed by atoms with Crippen LogP contribution in [0, 0.1) is 6.92 Å². The molecule has 0 saturated heterocycles. The van der Waals surface area contributed by atoms with E-state index in [1.807, 2.05) is 31.2 Å². The molecule has 1 aliphatic rings. The van der Waals surface area contributed by atoms with Gasteiger partial charge in [-0.15, -0.1) is 0 Å². The average Bonchev–Trinajstić information content (AvgIpc) is 2.82. The Morgan fingerprint density at radius 3 is 2.67 bits per heavy atom. The van der Waals surface area contributed by atoms with Crippen LogP contribution < -0.4 is 5.32 Å². The van der Waals surface area contributed by atoms with Crippen LogP contribution in [0.3, 0.4) is 0 Å². The van der Waals surface area contributed by atoms with E-state index in [2.05, 4.69) is 10.3 Å². The number of imide groups is 1. The third-order valence-electron chi connectivity index (χ3n) is 4.00. The second-order valence-electron chi connectivity index (χ2n) is 5.61. The number of carbonyl (C=O) groups excluding carboxylic acids is 3. The number of aromatic nitrogens is 1. The van der Waals surface area contributed by atoms with Crippen molar-refractivity contribution in [2.75, 3.05) is 13.1 Å². The van der Waals surface area contributed by atoms with Crippen LogP contribution in [-0.2, 0) is 11.2 Å². The SMILES string of the molecule is Cc1ccccc1CC(=O)NCCN1C(=O)c2cccnc2C1=O. The standard InChI is InChI=1S/C18H17N3O3/c1-12-5-2-3-6-13(12)11-15(22)19-9-10-21-17(23)14-7-4-8-20-16(14)18(21)24/h2-8H,9-11H2,1H3,(H,19,22). The third kappa shape index (κ3) is 3.03. The zero-order valence-corrected chi connectivity index (χ0v) is 13.3. The Morgan fingerprint density at radius 2 is 1.92 bits per heavy atom. The van der Waals surface area contributed by atoms with Gasteiger partial charge in [-0.1, -0.05) is 24.3 Å². The number of benzene rings is 1. The number of rotatable bonds is 5. The lowest BCUT2D eigenvalue weighted by atomic mass is 10.1. The number of aryl methyl sites for hydroxylation is 1. The van der Waals surface area contributed by atoms with E-state index in [0.29, 0.717) is 5.56 Å². The molecule has 0 bridgehead atoms. The third-order valence-corrected chi connectivity index (χ3v) is 4.00. The van der Waals surface area contributed by atoms with Gasteiger partial charge in [-0.3, -0.25) is 24.3 Å². The second kappa shape index (κ2) is 6.62. The van der Waals surface area contributed by atoms with E-state index < -0.39 is 5.91 Å². The minimum Gasteiger partial charge on any atom is -0.354 e. The molecule has 6 nitrogen and oxygen atoms in total. The van der Waals surface area contributed by atoms with Crippen LogP contribution in [-0.4, -0.2) is 40.7 Å². The van der Waals surface area contributed by atoms with Crippen molar-refractivity contribution in [2.45, 2.75) is 13.3 Å². The molecule has 1 aliphatic heterocycles. The Kier molecular flexibility index (Phi) is 4.37. The summed E-state index contributed by atoms with van der Waals surface area (Å²) in [6.07, 6.45) is 1.76. The Hall–Kier alpha value is -3.02. The van der Waals surface area contributed by atoms with Crippen molar-refractivity contribution in [3.63, 3.8) is 0 Å². The quantitative estimate of drug-likeness (QED) is 0.842. The van der Waals surface area contributed by atoms with Crippen molar-refractivity contribution < 1.29 is 14.4 Å². The summed E-state index contributed by atoms with van der Waals surface area (Å²) in [5.41, 5.74) is 2.50. The molecule has 2 aromatic rings. The molecule has 122 valence electrons. The summed E-state index contributed by atoms with van der Waals surface area (Å²) in [4.78, 5) is 41.4. The summed E-state index contributed by atoms with van der Waals surface area (Å²) in [6, 6.07) is 10.9. The van der Waals surface area contributed by atoms with Crippen LogP contribution in [0.2, 0.25) is 0 Å². The summed E-state index contributed by atoms with van der Waals surface area (Å²) in [7, 11) is 0. The highest BCUT2D eigenvalue weighted by Gasteiger charge is 2.36. The molecule has 0 fully saturated rings. The summed E-state index contributed by atoms with van der Waals surface area (Å²) in [5.74, 6) is -0.918. The monoisotopic (exact) mass is 323 g/mol. The molecular weight excluding hydrogens is 306 g/mol. The lowest BCUT2D eigenvalue weighted by Crippen LogP contribution is -2.38. The lowest BCUT2D eigenvalue weighted by Gasteiger charge is -2.14. The molecule has 0 aliphatic carbocycles. The Bertz CT molecular complexity index is 782. The van der Waals surface area contributed by atoms with Gasteiger partial charge in [0.15, 0.2) is 0 Å². The predicted octanol–water partition coefficient (Wildman–Crippen LogP) is 1.34. The van der Waals surface area contributed by atoms with E-state index in [-0.39, 0.29) is 37.0 Å². The number of carbonyl (C=O) groups is 3. The molecule has 24 heavy (non-hydrogen) atoms. The van der Waals surface area contributed by atoms with Crippen molar-refractivity contribution in [1.29, 1.82) is 0 Å². The van der Waals surface area contributed by atoms with Crippen LogP contribution in [0.5, 0.6) is 0 Å². The van der Waals surface area contributed by atoms with Crippen molar-refractivity contribution in [2.24, 2.45) is 0 Å². The van der Waals surface area contributed by atoms with Gasteiger partial charge in [-0.2, -0.15) is 0 Å². The van der Waals surface area contributed by atoms with Gasteiger partial charge in [0.05, 0.1) is 12.0 Å². The normalized spacial score (nSPS) is 13.1. The van der Waals surface area contributed by atoms with Gasteiger partial charge in [-0.05, 0) is 30.2 Å². The Morgan fingerprint density at radius 1 is 1.12 bits per heavy atom. The van der Waals surface area contributed by atoms with Crippen LogP contribution in [0.4, 0.5) is 0 Å². The van der Waals surface area contributed by atoms with Crippen LogP contribution >= 0.6 is 0 Å². The lowest BCUT2D eigenvalue weighted by molar-refractivity contribution is -0.120. The number of pyridine rings is 1. The average molecular weight is 323 g/mol. The first-order valence-electron chi connectivity index (χ1n) is 7.70.